The van der Waals surface area contributed by atoms with Crippen LogP contribution in [0.1, 0.15) is 19.2 Å². The highest BCUT2D eigenvalue weighted by Crippen LogP contribution is 2.09. The van der Waals surface area contributed by atoms with Gasteiger partial charge in [-0.3, -0.25) is 9.69 Å². The van der Waals surface area contributed by atoms with Crippen molar-refractivity contribution in [3.05, 3.63) is 12.2 Å². The smallest absolute Gasteiger partial charge is 0.322 e. The van der Waals surface area contributed by atoms with Crippen LogP contribution in [0.2, 0.25) is 0 Å². The van der Waals surface area contributed by atoms with E-state index in [4.69, 9.17) is 10.5 Å². The molecule has 0 aliphatic carbocycles. The van der Waals surface area contributed by atoms with E-state index >= 15 is 0 Å². The zero-order valence-corrected chi connectivity index (χ0v) is 10.6. The van der Waals surface area contributed by atoms with Gasteiger partial charge in [0.2, 0.25) is 0 Å². The number of esters is 1. The fourth-order valence-electron chi connectivity index (χ4n) is 2.00. The Hall–Kier alpha value is -1.47. The van der Waals surface area contributed by atoms with Crippen molar-refractivity contribution in [3.63, 3.8) is 0 Å². The van der Waals surface area contributed by atoms with Gasteiger partial charge in [-0.1, -0.05) is 0 Å². The number of ether oxygens (including phenoxy) is 1. The van der Waals surface area contributed by atoms with Gasteiger partial charge in [0.05, 0.1) is 13.2 Å². The monoisotopic (exact) mass is 253 g/mol. The molecule has 7 nitrogen and oxygen atoms in total. The highest BCUT2D eigenvalue weighted by atomic mass is 16.5. The summed E-state index contributed by atoms with van der Waals surface area (Å²) in [5.41, 5.74) is 5.76. The molecule has 0 saturated carbocycles. The van der Waals surface area contributed by atoms with Gasteiger partial charge < -0.3 is 15.0 Å². The number of hydrogen-bond donors (Lipinski definition) is 1. The summed E-state index contributed by atoms with van der Waals surface area (Å²) in [6.45, 7) is 5.50. The van der Waals surface area contributed by atoms with E-state index in [2.05, 4.69) is 15.1 Å². The molecule has 2 rings (SSSR count). The third kappa shape index (κ3) is 3.05. The molecule has 2 heterocycles. The molecule has 1 aliphatic rings. The number of rotatable bonds is 5. The van der Waals surface area contributed by atoms with Crippen LogP contribution >= 0.6 is 0 Å². The molecular weight excluding hydrogens is 234 g/mol. The first kappa shape index (κ1) is 13.0. The minimum atomic E-state index is -0.537. The summed E-state index contributed by atoms with van der Waals surface area (Å²) < 4.78 is 6.92. The van der Waals surface area contributed by atoms with E-state index in [1.54, 1.807) is 13.3 Å². The van der Waals surface area contributed by atoms with Crippen LogP contribution < -0.4 is 5.73 Å². The van der Waals surface area contributed by atoms with Crippen molar-refractivity contribution >= 4 is 5.97 Å². The maximum atomic E-state index is 11.4. The topological polar surface area (TPSA) is 86.3 Å². The van der Waals surface area contributed by atoms with Crippen molar-refractivity contribution in [2.75, 3.05) is 19.7 Å². The van der Waals surface area contributed by atoms with Crippen LogP contribution in [0.3, 0.4) is 0 Å². The van der Waals surface area contributed by atoms with Crippen LogP contribution in [-0.2, 0) is 22.6 Å². The zero-order valence-electron chi connectivity index (χ0n) is 10.6. The Labute approximate surface area is 106 Å². The van der Waals surface area contributed by atoms with Gasteiger partial charge in [0.1, 0.15) is 18.2 Å². The Morgan fingerprint density at radius 1 is 1.61 bits per heavy atom. The van der Waals surface area contributed by atoms with Crippen molar-refractivity contribution in [2.24, 2.45) is 5.73 Å². The van der Waals surface area contributed by atoms with Crippen LogP contribution in [0.15, 0.2) is 6.33 Å². The number of carbonyl (C=O) groups is 1. The van der Waals surface area contributed by atoms with Gasteiger partial charge in [0.25, 0.3) is 0 Å². The lowest BCUT2D eigenvalue weighted by Gasteiger charge is -2.27. The Balaban J connectivity index is 1.77. The number of carbonyl (C=O) groups excluding carboxylic acids is 1. The molecule has 1 atom stereocenters. The number of fused-ring (bicyclic) bond motifs is 1. The third-order valence-electron chi connectivity index (χ3n) is 3.06. The predicted molar refractivity (Wildman–Crippen MR) is 64.5 cm³/mol. The van der Waals surface area contributed by atoms with Crippen LogP contribution in [0.5, 0.6) is 0 Å². The Kier molecular flexibility index (Phi) is 4.27. The summed E-state index contributed by atoms with van der Waals surface area (Å²) in [5, 5.41) is 7.92. The van der Waals surface area contributed by atoms with E-state index in [0.29, 0.717) is 13.0 Å². The quantitative estimate of drug-likeness (QED) is 0.703. The van der Waals surface area contributed by atoms with E-state index in [9.17, 15) is 4.79 Å². The van der Waals surface area contributed by atoms with Crippen LogP contribution in [-0.4, -0.2) is 51.4 Å². The van der Waals surface area contributed by atoms with Crippen LogP contribution in [0, 0.1) is 0 Å². The van der Waals surface area contributed by atoms with E-state index in [-0.39, 0.29) is 5.97 Å². The van der Waals surface area contributed by atoms with Crippen molar-refractivity contribution < 1.29 is 9.53 Å². The summed E-state index contributed by atoms with van der Waals surface area (Å²) in [4.78, 5) is 13.6. The summed E-state index contributed by atoms with van der Waals surface area (Å²) >= 11 is 0. The summed E-state index contributed by atoms with van der Waals surface area (Å²) in [6, 6.07) is -0.537. The second-order valence-electron chi connectivity index (χ2n) is 4.36. The van der Waals surface area contributed by atoms with Gasteiger partial charge in [-0.15, -0.1) is 10.2 Å². The summed E-state index contributed by atoms with van der Waals surface area (Å²) in [7, 11) is 0. The number of nitrogens with two attached hydrogens (primary N) is 1. The number of aromatic nitrogens is 3. The lowest BCUT2D eigenvalue weighted by Crippen LogP contribution is -2.39. The van der Waals surface area contributed by atoms with Gasteiger partial charge in [0.15, 0.2) is 0 Å². The fourth-order valence-corrected chi connectivity index (χ4v) is 2.00. The SMILES string of the molecule is CCOC(=O)C(N)CCN1CCn2cnnc2C1. The molecule has 1 unspecified atom stereocenters. The molecule has 0 saturated heterocycles. The molecule has 0 aromatic carbocycles. The Bertz CT molecular complexity index is 406. The zero-order chi connectivity index (χ0) is 13.0. The second kappa shape index (κ2) is 5.92. The highest BCUT2D eigenvalue weighted by Gasteiger charge is 2.20. The normalized spacial score (nSPS) is 17.2. The first-order chi connectivity index (χ1) is 8.70. The Morgan fingerprint density at radius 2 is 2.44 bits per heavy atom. The molecule has 1 aromatic rings. The molecule has 1 aromatic heterocycles. The number of nitrogens with zero attached hydrogens (tertiary/aromatic N) is 4. The lowest BCUT2D eigenvalue weighted by molar-refractivity contribution is -0.144. The van der Waals surface area contributed by atoms with Crippen LogP contribution in [0.4, 0.5) is 0 Å². The molecular formula is C11H19N5O2. The molecule has 1 aliphatic heterocycles. The molecule has 0 fully saturated rings. The van der Waals surface area contributed by atoms with E-state index in [1.807, 2.05) is 4.57 Å². The average molecular weight is 253 g/mol. The first-order valence-electron chi connectivity index (χ1n) is 6.22. The standard InChI is InChI=1S/C11H19N5O2/c1-2-18-11(17)9(12)3-4-15-5-6-16-8-13-14-10(16)7-15/h8-9H,2-7,12H2,1H3. The van der Waals surface area contributed by atoms with E-state index < -0.39 is 6.04 Å². The maximum absolute atomic E-state index is 11.4. The summed E-state index contributed by atoms with van der Waals surface area (Å²) in [5.74, 6) is 0.642. The molecule has 2 N–H and O–H groups in total. The molecule has 0 bridgehead atoms. The van der Waals surface area contributed by atoms with Gasteiger partial charge in [-0.05, 0) is 13.3 Å². The van der Waals surface area contributed by atoms with E-state index in [1.165, 1.54) is 0 Å². The van der Waals surface area contributed by atoms with Crippen molar-refractivity contribution in [2.45, 2.75) is 32.5 Å². The van der Waals surface area contributed by atoms with Gasteiger partial charge in [-0.25, -0.2) is 0 Å². The molecule has 0 spiro atoms. The van der Waals surface area contributed by atoms with Gasteiger partial charge >= 0.3 is 5.97 Å². The minimum absolute atomic E-state index is 0.322. The van der Waals surface area contributed by atoms with Crippen LogP contribution in [0.25, 0.3) is 0 Å². The maximum Gasteiger partial charge on any atom is 0.322 e. The molecule has 0 amide bonds. The molecule has 18 heavy (non-hydrogen) atoms. The molecule has 0 radical (unpaired) electrons. The number of hydrogen-bond acceptors (Lipinski definition) is 6. The molecule has 100 valence electrons. The van der Waals surface area contributed by atoms with Crippen molar-refractivity contribution in [3.8, 4) is 0 Å². The third-order valence-corrected chi connectivity index (χ3v) is 3.06. The second-order valence-corrected chi connectivity index (χ2v) is 4.36. The minimum Gasteiger partial charge on any atom is -0.465 e. The van der Waals surface area contributed by atoms with Gasteiger partial charge in [-0.2, -0.15) is 0 Å². The lowest BCUT2D eigenvalue weighted by atomic mass is 10.2. The summed E-state index contributed by atoms with van der Waals surface area (Å²) in [6.07, 6.45) is 2.35. The Morgan fingerprint density at radius 3 is 3.22 bits per heavy atom. The highest BCUT2D eigenvalue weighted by molar-refractivity contribution is 5.75. The van der Waals surface area contributed by atoms with E-state index in [0.717, 1.165) is 32.0 Å². The average Bonchev–Trinajstić information content (AvgIpc) is 2.83. The van der Waals surface area contributed by atoms with Gasteiger partial charge in [0, 0.05) is 19.6 Å². The predicted octanol–water partition coefficient (Wildman–Crippen LogP) is -0.626. The first-order valence-corrected chi connectivity index (χ1v) is 6.22. The van der Waals surface area contributed by atoms with Crippen molar-refractivity contribution in [1.82, 2.24) is 19.7 Å². The largest absolute Gasteiger partial charge is 0.465 e. The fraction of sp³-hybridized carbons (Fsp3) is 0.727. The van der Waals surface area contributed by atoms with Crippen molar-refractivity contribution in [1.29, 1.82) is 0 Å². The molecule has 7 heteroatoms.